The van der Waals surface area contributed by atoms with Crippen molar-refractivity contribution in [3.63, 3.8) is 0 Å². The third-order valence-corrected chi connectivity index (χ3v) is 5.11. The molecule has 6 heteroatoms. The lowest BCUT2D eigenvalue weighted by atomic mass is 10.1. The molecule has 6 nitrogen and oxygen atoms in total. The van der Waals surface area contributed by atoms with Crippen molar-refractivity contribution in [1.82, 2.24) is 15.1 Å². The maximum atomic E-state index is 12.0. The summed E-state index contributed by atoms with van der Waals surface area (Å²) in [6, 6.07) is 7.24. The largest absolute Gasteiger partial charge is 0.344 e. The number of carbonyl (C=O) groups excluding carboxylic acids is 2. The van der Waals surface area contributed by atoms with Gasteiger partial charge in [-0.3, -0.25) is 4.79 Å². The minimum atomic E-state index is -0.409. The zero-order valence-corrected chi connectivity index (χ0v) is 15.0. The first-order valence-electron chi connectivity index (χ1n) is 9.25. The van der Waals surface area contributed by atoms with Crippen LogP contribution in [0.5, 0.6) is 0 Å². The normalized spacial score (nSPS) is 21.4. The van der Waals surface area contributed by atoms with E-state index in [1.165, 1.54) is 37.9 Å². The molecular formula is C19H28N4O2. The molecule has 2 fully saturated rings. The van der Waals surface area contributed by atoms with E-state index in [2.05, 4.69) is 27.7 Å². The summed E-state index contributed by atoms with van der Waals surface area (Å²) in [6.45, 7) is 4.23. The van der Waals surface area contributed by atoms with E-state index in [9.17, 15) is 9.59 Å². The number of nitrogens with one attached hydrogen (secondary N) is 2. The summed E-state index contributed by atoms with van der Waals surface area (Å²) in [5.74, 6) is -0.0248. The van der Waals surface area contributed by atoms with Crippen LogP contribution < -0.4 is 10.6 Å². The van der Waals surface area contributed by atoms with Crippen molar-refractivity contribution < 1.29 is 9.59 Å². The van der Waals surface area contributed by atoms with Gasteiger partial charge < -0.3 is 20.4 Å². The van der Waals surface area contributed by atoms with E-state index in [4.69, 9.17) is 0 Å². The molecule has 0 radical (unpaired) electrons. The summed E-state index contributed by atoms with van der Waals surface area (Å²) < 4.78 is 0. The van der Waals surface area contributed by atoms with Crippen molar-refractivity contribution in [2.24, 2.45) is 0 Å². The molecule has 0 aliphatic carbocycles. The Hall–Kier alpha value is -2.08. The summed E-state index contributed by atoms with van der Waals surface area (Å²) in [5.41, 5.74) is 2.03. The van der Waals surface area contributed by atoms with Gasteiger partial charge in [0.15, 0.2) is 0 Å². The number of piperidine rings is 1. The molecule has 2 aliphatic heterocycles. The first-order valence-corrected chi connectivity index (χ1v) is 9.25. The maximum Gasteiger partial charge on any atom is 0.319 e. The number of nitrogens with zero attached hydrogens (tertiary/aromatic N) is 2. The third-order valence-electron chi connectivity index (χ3n) is 5.11. The Morgan fingerprint density at radius 3 is 2.48 bits per heavy atom. The third kappa shape index (κ3) is 4.95. The first kappa shape index (κ1) is 17.7. The van der Waals surface area contributed by atoms with Crippen molar-refractivity contribution in [3.05, 3.63) is 29.8 Å². The number of anilines is 1. The fourth-order valence-electron chi connectivity index (χ4n) is 3.51. The van der Waals surface area contributed by atoms with Crippen molar-refractivity contribution in [1.29, 1.82) is 0 Å². The topological polar surface area (TPSA) is 64.7 Å². The standard InChI is InChI=1S/C19H28N4O2/c1-22-13-10-17(18(22)24)21-19(25)20-16-7-5-15(6-8-16)9-14-23-11-3-2-4-12-23/h5-8,17H,2-4,9-14H2,1H3,(H2,20,21,25)/t17-/m0/s1. The van der Waals surface area contributed by atoms with Crippen LogP contribution in [-0.2, 0) is 11.2 Å². The predicted octanol–water partition coefficient (Wildman–Crippen LogP) is 2.07. The molecule has 2 heterocycles. The van der Waals surface area contributed by atoms with Crippen LogP contribution in [0.3, 0.4) is 0 Å². The average Bonchev–Trinajstić information content (AvgIpc) is 2.94. The summed E-state index contributed by atoms with van der Waals surface area (Å²) in [6.07, 6.45) is 5.70. The van der Waals surface area contributed by atoms with E-state index in [1.54, 1.807) is 11.9 Å². The van der Waals surface area contributed by atoms with Gasteiger partial charge in [0.1, 0.15) is 6.04 Å². The highest BCUT2D eigenvalue weighted by atomic mass is 16.2. The smallest absolute Gasteiger partial charge is 0.319 e. The highest BCUT2D eigenvalue weighted by molar-refractivity contribution is 5.94. The fraction of sp³-hybridized carbons (Fsp3) is 0.579. The minimum absolute atomic E-state index is 0.0248. The molecule has 3 rings (SSSR count). The van der Waals surface area contributed by atoms with E-state index in [0.29, 0.717) is 13.0 Å². The fourth-order valence-corrected chi connectivity index (χ4v) is 3.51. The second-order valence-corrected chi connectivity index (χ2v) is 7.05. The van der Waals surface area contributed by atoms with E-state index < -0.39 is 6.04 Å². The van der Waals surface area contributed by atoms with Crippen LogP contribution in [0, 0.1) is 0 Å². The highest BCUT2D eigenvalue weighted by Crippen LogP contribution is 2.14. The quantitative estimate of drug-likeness (QED) is 0.859. The Bertz CT molecular complexity index is 596. The zero-order valence-electron chi connectivity index (χ0n) is 15.0. The summed E-state index contributed by atoms with van der Waals surface area (Å²) >= 11 is 0. The molecule has 0 spiro atoms. The molecule has 0 saturated carbocycles. The number of carbonyl (C=O) groups is 2. The van der Waals surface area contributed by atoms with Gasteiger partial charge >= 0.3 is 6.03 Å². The average molecular weight is 344 g/mol. The molecule has 1 aromatic carbocycles. The second kappa shape index (κ2) is 8.34. The number of rotatable bonds is 5. The molecule has 3 amide bonds. The Morgan fingerprint density at radius 2 is 1.84 bits per heavy atom. The number of amides is 3. The minimum Gasteiger partial charge on any atom is -0.344 e. The van der Waals surface area contributed by atoms with Gasteiger partial charge in [0.25, 0.3) is 0 Å². The Balaban J connectivity index is 1.43. The molecule has 25 heavy (non-hydrogen) atoms. The van der Waals surface area contributed by atoms with Gasteiger partial charge in [-0.05, 0) is 56.5 Å². The van der Waals surface area contributed by atoms with Gasteiger partial charge in [-0.15, -0.1) is 0 Å². The predicted molar refractivity (Wildman–Crippen MR) is 98.6 cm³/mol. The molecule has 1 aromatic rings. The number of benzene rings is 1. The monoisotopic (exact) mass is 344 g/mol. The lowest BCUT2D eigenvalue weighted by molar-refractivity contribution is -0.128. The molecule has 0 unspecified atom stereocenters. The second-order valence-electron chi connectivity index (χ2n) is 7.05. The van der Waals surface area contributed by atoms with Crippen LogP contribution in [0.4, 0.5) is 10.5 Å². The number of likely N-dealkylation sites (tertiary alicyclic amines) is 2. The van der Waals surface area contributed by atoms with Crippen molar-refractivity contribution in [3.8, 4) is 0 Å². The molecule has 2 N–H and O–H groups in total. The summed E-state index contributed by atoms with van der Waals surface area (Å²) in [7, 11) is 1.75. The molecular weight excluding hydrogens is 316 g/mol. The van der Waals surface area contributed by atoms with Gasteiger partial charge in [-0.1, -0.05) is 18.6 Å². The van der Waals surface area contributed by atoms with Crippen LogP contribution >= 0.6 is 0 Å². The summed E-state index contributed by atoms with van der Waals surface area (Å²) in [5, 5.41) is 5.55. The maximum absolute atomic E-state index is 12.0. The van der Waals surface area contributed by atoms with Crippen molar-refractivity contribution >= 4 is 17.6 Å². The van der Waals surface area contributed by atoms with Crippen LogP contribution in [0.15, 0.2) is 24.3 Å². The number of hydrogen-bond donors (Lipinski definition) is 2. The van der Waals surface area contributed by atoms with Crippen molar-refractivity contribution in [2.45, 2.75) is 38.1 Å². The van der Waals surface area contributed by atoms with Gasteiger partial charge in [0, 0.05) is 25.8 Å². The van der Waals surface area contributed by atoms with E-state index in [-0.39, 0.29) is 11.9 Å². The van der Waals surface area contributed by atoms with Crippen LogP contribution in [0.25, 0.3) is 0 Å². The Kier molecular flexibility index (Phi) is 5.91. The molecule has 2 saturated heterocycles. The van der Waals surface area contributed by atoms with Gasteiger partial charge in [0.2, 0.25) is 5.91 Å². The van der Waals surface area contributed by atoms with Crippen LogP contribution in [0.1, 0.15) is 31.2 Å². The number of urea groups is 1. The molecule has 0 bridgehead atoms. The van der Waals surface area contributed by atoms with Gasteiger partial charge in [-0.2, -0.15) is 0 Å². The van der Waals surface area contributed by atoms with Gasteiger partial charge in [-0.25, -0.2) is 4.79 Å². The highest BCUT2D eigenvalue weighted by Gasteiger charge is 2.30. The van der Waals surface area contributed by atoms with E-state index in [0.717, 1.165) is 18.7 Å². The zero-order chi connectivity index (χ0) is 17.6. The lowest BCUT2D eigenvalue weighted by Gasteiger charge is -2.26. The molecule has 1 atom stereocenters. The molecule has 2 aliphatic rings. The Morgan fingerprint density at radius 1 is 1.12 bits per heavy atom. The first-order chi connectivity index (χ1) is 12.1. The van der Waals surface area contributed by atoms with Gasteiger partial charge in [0.05, 0.1) is 0 Å². The van der Waals surface area contributed by atoms with Crippen molar-refractivity contribution in [2.75, 3.05) is 38.5 Å². The Labute approximate surface area is 149 Å². The lowest BCUT2D eigenvalue weighted by Crippen LogP contribution is -2.42. The molecule has 0 aromatic heterocycles. The van der Waals surface area contributed by atoms with Crippen LogP contribution in [0.2, 0.25) is 0 Å². The number of hydrogen-bond acceptors (Lipinski definition) is 3. The SMILES string of the molecule is CN1CC[C@H](NC(=O)Nc2ccc(CCN3CCCCC3)cc2)C1=O. The van der Waals surface area contributed by atoms with Crippen LogP contribution in [-0.4, -0.2) is 61.0 Å². The number of likely N-dealkylation sites (N-methyl/N-ethyl adjacent to an activating group) is 1. The summed E-state index contributed by atoms with van der Waals surface area (Å²) in [4.78, 5) is 28.0. The van der Waals surface area contributed by atoms with E-state index >= 15 is 0 Å². The molecule has 136 valence electrons. The van der Waals surface area contributed by atoms with E-state index in [1.807, 2.05) is 12.1 Å².